The summed E-state index contributed by atoms with van der Waals surface area (Å²) in [6.07, 6.45) is 1.07. The van der Waals surface area contributed by atoms with Gasteiger partial charge in [0.05, 0.1) is 7.11 Å². The van der Waals surface area contributed by atoms with Crippen LogP contribution in [0.4, 0.5) is 11.4 Å². The number of hydrogen-bond acceptors (Lipinski definition) is 3. The van der Waals surface area contributed by atoms with Gasteiger partial charge in [-0.05, 0) is 24.0 Å². The average molecular weight is 270 g/mol. The summed E-state index contributed by atoms with van der Waals surface area (Å²) in [6, 6.07) is 16.3. The molecule has 2 aromatic rings. The first-order chi connectivity index (χ1) is 9.69. The van der Waals surface area contributed by atoms with E-state index in [-0.39, 0.29) is 0 Å². The topological polar surface area (TPSA) is 47.3 Å². The molecule has 0 aliphatic carbocycles. The van der Waals surface area contributed by atoms with Gasteiger partial charge in [0.2, 0.25) is 0 Å². The molecule has 0 heterocycles. The number of nitrogen functional groups attached to an aromatic ring is 1. The van der Waals surface area contributed by atoms with Gasteiger partial charge in [0.1, 0.15) is 5.75 Å². The Hall–Kier alpha value is -2.16. The molecule has 3 N–H and O–H groups in total. The summed E-state index contributed by atoms with van der Waals surface area (Å²) in [5.74, 6) is 1.32. The van der Waals surface area contributed by atoms with Crippen molar-refractivity contribution >= 4 is 11.4 Å². The van der Waals surface area contributed by atoms with Crippen LogP contribution in [0.5, 0.6) is 5.75 Å². The van der Waals surface area contributed by atoms with E-state index in [1.807, 2.05) is 24.3 Å². The van der Waals surface area contributed by atoms with Crippen LogP contribution in [0.15, 0.2) is 48.5 Å². The molecule has 0 saturated carbocycles. The third kappa shape index (κ3) is 3.92. The summed E-state index contributed by atoms with van der Waals surface area (Å²) in [6.45, 7) is 3.15. The number of nitrogens with one attached hydrogen (secondary N) is 1. The minimum absolute atomic E-state index is 0.534. The van der Waals surface area contributed by atoms with Gasteiger partial charge in [-0.15, -0.1) is 0 Å². The second kappa shape index (κ2) is 6.85. The van der Waals surface area contributed by atoms with Crippen LogP contribution in [-0.4, -0.2) is 13.7 Å². The summed E-state index contributed by atoms with van der Waals surface area (Å²) in [4.78, 5) is 0. The van der Waals surface area contributed by atoms with Crippen molar-refractivity contribution in [1.29, 1.82) is 0 Å². The van der Waals surface area contributed by atoms with E-state index < -0.39 is 0 Å². The first-order valence-corrected chi connectivity index (χ1v) is 6.92. The van der Waals surface area contributed by atoms with E-state index >= 15 is 0 Å². The summed E-state index contributed by atoms with van der Waals surface area (Å²) in [5, 5.41) is 3.40. The zero-order chi connectivity index (χ0) is 14.4. The van der Waals surface area contributed by atoms with Crippen LogP contribution in [0, 0.1) is 0 Å². The van der Waals surface area contributed by atoms with Crippen LogP contribution < -0.4 is 15.8 Å². The van der Waals surface area contributed by atoms with E-state index in [2.05, 4.69) is 36.5 Å². The Kier molecular flexibility index (Phi) is 4.88. The number of anilines is 2. The van der Waals surface area contributed by atoms with Crippen molar-refractivity contribution in [2.24, 2.45) is 0 Å². The molecule has 0 spiro atoms. The Balaban J connectivity index is 1.88. The second-order valence-electron chi connectivity index (χ2n) is 5.02. The molecule has 1 unspecified atom stereocenters. The van der Waals surface area contributed by atoms with Crippen LogP contribution in [0.1, 0.15) is 24.8 Å². The molecule has 0 aliphatic rings. The number of rotatable bonds is 6. The maximum Gasteiger partial charge on any atom is 0.122 e. The third-order valence-corrected chi connectivity index (χ3v) is 3.44. The molecule has 3 heteroatoms. The Bertz CT molecular complexity index is 540. The van der Waals surface area contributed by atoms with Crippen molar-refractivity contribution in [1.82, 2.24) is 0 Å². The molecule has 1 atom stereocenters. The van der Waals surface area contributed by atoms with Crippen molar-refractivity contribution in [3.63, 3.8) is 0 Å². The van der Waals surface area contributed by atoms with Crippen LogP contribution in [0.2, 0.25) is 0 Å². The molecule has 0 bridgehead atoms. The van der Waals surface area contributed by atoms with E-state index in [0.717, 1.165) is 24.4 Å². The first kappa shape index (κ1) is 14.3. The zero-order valence-electron chi connectivity index (χ0n) is 12.1. The van der Waals surface area contributed by atoms with Crippen molar-refractivity contribution in [2.75, 3.05) is 24.7 Å². The van der Waals surface area contributed by atoms with E-state index in [0.29, 0.717) is 11.6 Å². The van der Waals surface area contributed by atoms with E-state index in [4.69, 9.17) is 10.5 Å². The highest BCUT2D eigenvalue weighted by atomic mass is 16.5. The quantitative estimate of drug-likeness (QED) is 0.783. The molecule has 3 nitrogen and oxygen atoms in total. The van der Waals surface area contributed by atoms with Gasteiger partial charge in [-0.2, -0.15) is 0 Å². The second-order valence-corrected chi connectivity index (χ2v) is 5.02. The maximum atomic E-state index is 5.84. The van der Waals surface area contributed by atoms with Gasteiger partial charge < -0.3 is 15.8 Å². The number of methoxy groups -OCH3 is 1. The van der Waals surface area contributed by atoms with Gasteiger partial charge in [-0.1, -0.05) is 37.3 Å². The lowest BCUT2D eigenvalue weighted by atomic mass is 9.98. The van der Waals surface area contributed by atoms with Crippen LogP contribution in [0.25, 0.3) is 0 Å². The van der Waals surface area contributed by atoms with Gasteiger partial charge >= 0.3 is 0 Å². The highest BCUT2D eigenvalue weighted by Gasteiger charge is 2.05. The van der Waals surface area contributed by atoms with Crippen molar-refractivity contribution in [2.45, 2.75) is 19.3 Å². The van der Waals surface area contributed by atoms with Crippen LogP contribution in [0.3, 0.4) is 0 Å². The van der Waals surface area contributed by atoms with Gasteiger partial charge in [-0.3, -0.25) is 0 Å². The molecular formula is C17H22N2O. The van der Waals surface area contributed by atoms with Crippen LogP contribution >= 0.6 is 0 Å². The van der Waals surface area contributed by atoms with Gasteiger partial charge in [-0.25, -0.2) is 0 Å². The Labute approximate surface area is 120 Å². The Morgan fingerprint density at radius 3 is 2.60 bits per heavy atom. The SMILES string of the molecule is COc1cc(N)cc(NCCC(C)c2ccccc2)c1. The molecule has 20 heavy (non-hydrogen) atoms. The third-order valence-electron chi connectivity index (χ3n) is 3.44. The minimum atomic E-state index is 0.534. The molecule has 0 aliphatic heterocycles. The zero-order valence-corrected chi connectivity index (χ0v) is 12.1. The fraction of sp³-hybridized carbons (Fsp3) is 0.294. The van der Waals surface area contributed by atoms with E-state index in [1.165, 1.54) is 5.56 Å². The van der Waals surface area contributed by atoms with Gasteiger partial charge in [0, 0.05) is 30.1 Å². The molecule has 0 fully saturated rings. The normalized spacial score (nSPS) is 11.9. The molecular weight excluding hydrogens is 248 g/mol. The summed E-state index contributed by atoms with van der Waals surface area (Å²) >= 11 is 0. The summed E-state index contributed by atoms with van der Waals surface area (Å²) in [7, 11) is 1.65. The monoisotopic (exact) mass is 270 g/mol. The van der Waals surface area contributed by atoms with Crippen molar-refractivity contribution in [3.05, 3.63) is 54.1 Å². The average Bonchev–Trinajstić information content (AvgIpc) is 2.47. The minimum Gasteiger partial charge on any atom is -0.497 e. The molecule has 0 radical (unpaired) electrons. The predicted molar refractivity (Wildman–Crippen MR) is 85.4 cm³/mol. The lowest BCUT2D eigenvalue weighted by Crippen LogP contribution is -2.06. The number of hydrogen-bond donors (Lipinski definition) is 2. The van der Waals surface area contributed by atoms with E-state index in [1.54, 1.807) is 7.11 Å². The van der Waals surface area contributed by atoms with Gasteiger partial charge in [0.25, 0.3) is 0 Å². The van der Waals surface area contributed by atoms with Gasteiger partial charge in [0.15, 0.2) is 0 Å². The summed E-state index contributed by atoms with van der Waals surface area (Å²) < 4.78 is 5.21. The summed E-state index contributed by atoms with van der Waals surface area (Å²) in [5.41, 5.74) is 8.93. The molecule has 0 saturated heterocycles. The van der Waals surface area contributed by atoms with Crippen molar-refractivity contribution in [3.8, 4) is 5.75 Å². The van der Waals surface area contributed by atoms with Crippen molar-refractivity contribution < 1.29 is 4.74 Å². The molecule has 106 valence electrons. The van der Waals surface area contributed by atoms with E-state index in [9.17, 15) is 0 Å². The largest absolute Gasteiger partial charge is 0.497 e. The Morgan fingerprint density at radius 1 is 1.15 bits per heavy atom. The molecule has 2 rings (SSSR count). The fourth-order valence-electron chi connectivity index (χ4n) is 2.22. The highest BCUT2D eigenvalue weighted by Crippen LogP contribution is 2.23. The lowest BCUT2D eigenvalue weighted by molar-refractivity contribution is 0.415. The number of nitrogens with two attached hydrogens (primary N) is 1. The fourth-order valence-corrected chi connectivity index (χ4v) is 2.22. The standard InChI is InChI=1S/C17H22N2O/c1-13(14-6-4-3-5-7-14)8-9-19-16-10-15(18)11-17(12-16)20-2/h3-7,10-13,19H,8-9,18H2,1-2H3. The molecule has 2 aromatic carbocycles. The first-order valence-electron chi connectivity index (χ1n) is 6.92. The Morgan fingerprint density at radius 2 is 1.90 bits per heavy atom. The predicted octanol–water partition coefficient (Wildman–Crippen LogP) is 3.88. The smallest absolute Gasteiger partial charge is 0.122 e. The van der Waals surface area contributed by atoms with Crippen LogP contribution in [-0.2, 0) is 0 Å². The number of ether oxygens (including phenoxy) is 1. The molecule has 0 aromatic heterocycles. The maximum absolute atomic E-state index is 5.84. The molecule has 0 amide bonds. The highest BCUT2D eigenvalue weighted by molar-refractivity contribution is 5.59. The lowest BCUT2D eigenvalue weighted by Gasteiger charge is -2.14. The number of benzene rings is 2.